The van der Waals surface area contributed by atoms with Crippen LogP contribution in [0.3, 0.4) is 0 Å². The molecule has 8 nitrogen and oxygen atoms in total. The molecule has 27 heavy (non-hydrogen) atoms. The van der Waals surface area contributed by atoms with E-state index in [1.165, 1.54) is 21.6 Å². The average Bonchev–Trinajstić information content (AvgIpc) is 2.62. The van der Waals surface area contributed by atoms with Crippen molar-refractivity contribution in [2.75, 3.05) is 42.8 Å². The van der Waals surface area contributed by atoms with E-state index in [1.807, 2.05) is 0 Å². The Bertz CT molecular complexity index is 935. The van der Waals surface area contributed by atoms with Crippen molar-refractivity contribution in [3.8, 4) is 0 Å². The van der Waals surface area contributed by atoms with E-state index < -0.39 is 20.0 Å². The molecule has 3 rings (SSSR count). The first-order chi connectivity index (χ1) is 12.6. The summed E-state index contributed by atoms with van der Waals surface area (Å²) >= 11 is 0. The van der Waals surface area contributed by atoms with Crippen molar-refractivity contribution in [2.45, 2.75) is 31.6 Å². The highest BCUT2D eigenvalue weighted by Crippen LogP contribution is 2.29. The molecule has 2 heterocycles. The molecule has 0 atom stereocenters. The van der Waals surface area contributed by atoms with E-state index in [-0.39, 0.29) is 29.6 Å². The van der Waals surface area contributed by atoms with Gasteiger partial charge in [-0.05, 0) is 37.5 Å². The van der Waals surface area contributed by atoms with Gasteiger partial charge in [0.2, 0.25) is 26.0 Å². The van der Waals surface area contributed by atoms with Crippen LogP contribution in [0.25, 0.3) is 0 Å². The Morgan fingerprint density at radius 1 is 1.04 bits per heavy atom. The molecular weight excluding hydrogens is 390 g/mol. The van der Waals surface area contributed by atoms with Gasteiger partial charge in [-0.3, -0.25) is 9.10 Å². The Balaban J connectivity index is 1.91. The predicted molar refractivity (Wildman–Crippen MR) is 103 cm³/mol. The van der Waals surface area contributed by atoms with E-state index in [9.17, 15) is 21.6 Å². The van der Waals surface area contributed by atoms with Gasteiger partial charge >= 0.3 is 0 Å². The zero-order chi connectivity index (χ0) is 19.8. The first kappa shape index (κ1) is 20.1. The van der Waals surface area contributed by atoms with Crippen molar-refractivity contribution in [1.29, 1.82) is 0 Å². The van der Waals surface area contributed by atoms with Crippen molar-refractivity contribution < 1.29 is 21.6 Å². The Morgan fingerprint density at radius 3 is 2.30 bits per heavy atom. The number of rotatable bonds is 3. The van der Waals surface area contributed by atoms with Crippen molar-refractivity contribution in [2.24, 2.45) is 0 Å². The van der Waals surface area contributed by atoms with Crippen molar-refractivity contribution in [1.82, 2.24) is 9.21 Å². The summed E-state index contributed by atoms with van der Waals surface area (Å²) in [4.78, 5) is 13.2. The first-order valence-corrected chi connectivity index (χ1v) is 12.0. The van der Waals surface area contributed by atoms with E-state index in [1.54, 1.807) is 24.0 Å². The minimum Gasteiger partial charge on any atom is -0.340 e. The molecule has 10 heteroatoms. The van der Waals surface area contributed by atoms with Crippen molar-refractivity contribution in [3.05, 3.63) is 23.8 Å². The largest absolute Gasteiger partial charge is 0.340 e. The van der Waals surface area contributed by atoms with E-state index in [0.29, 0.717) is 37.3 Å². The van der Waals surface area contributed by atoms with Crippen LogP contribution in [0.4, 0.5) is 5.69 Å². The first-order valence-electron chi connectivity index (χ1n) is 9.00. The van der Waals surface area contributed by atoms with Gasteiger partial charge in [-0.2, -0.15) is 4.31 Å². The van der Waals surface area contributed by atoms with E-state index in [2.05, 4.69) is 0 Å². The zero-order valence-electron chi connectivity index (χ0n) is 15.6. The molecule has 0 aromatic heterocycles. The topological polar surface area (TPSA) is 95.1 Å². The number of anilines is 1. The molecule has 0 saturated carbocycles. The van der Waals surface area contributed by atoms with Gasteiger partial charge in [0, 0.05) is 39.6 Å². The maximum Gasteiger partial charge on any atom is 0.243 e. The minimum atomic E-state index is -3.77. The van der Waals surface area contributed by atoms with Crippen molar-refractivity contribution in [3.63, 3.8) is 0 Å². The molecule has 1 amide bonds. The number of carbonyl (C=O) groups excluding carboxylic acids is 1. The summed E-state index contributed by atoms with van der Waals surface area (Å²) in [7, 11) is -7.18. The van der Waals surface area contributed by atoms with Crippen LogP contribution < -0.4 is 4.31 Å². The van der Waals surface area contributed by atoms with Crippen LogP contribution >= 0.6 is 0 Å². The number of amides is 1. The lowest BCUT2D eigenvalue weighted by Crippen LogP contribution is -2.50. The Kier molecular flexibility index (Phi) is 5.51. The molecule has 150 valence electrons. The highest BCUT2D eigenvalue weighted by molar-refractivity contribution is 7.92. The molecule has 0 bridgehead atoms. The molecule has 2 aliphatic rings. The van der Waals surface area contributed by atoms with Gasteiger partial charge in [0.25, 0.3) is 0 Å². The molecule has 1 aromatic rings. The third kappa shape index (κ3) is 3.97. The fraction of sp³-hybridized carbons (Fsp3) is 0.588. The molecule has 1 aromatic carbocycles. The highest BCUT2D eigenvalue weighted by Gasteiger charge is 2.32. The van der Waals surface area contributed by atoms with Crippen molar-refractivity contribution >= 4 is 31.6 Å². The monoisotopic (exact) mass is 415 g/mol. The second-order valence-electron chi connectivity index (χ2n) is 6.96. The second kappa shape index (κ2) is 7.40. The standard InChI is InChI=1S/C17H25N3O5S2/c1-14-5-6-16(20-7-3-4-12-26(20,22)23)13-17(14)27(24,25)19-10-8-18(9-11-19)15(2)21/h5-6,13H,3-4,7-12H2,1-2H3. The number of benzene rings is 1. The molecule has 0 aliphatic carbocycles. The highest BCUT2D eigenvalue weighted by atomic mass is 32.2. The zero-order valence-corrected chi connectivity index (χ0v) is 17.2. The molecule has 0 spiro atoms. The lowest BCUT2D eigenvalue weighted by atomic mass is 10.2. The number of piperazine rings is 1. The Hall–Kier alpha value is -1.65. The van der Waals surface area contributed by atoms with Crippen LogP contribution in [0.15, 0.2) is 23.1 Å². The van der Waals surface area contributed by atoms with Crippen LogP contribution in [0.1, 0.15) is 25.3 Å². The van der Waals surface area contributed by atoms with E-state index in [4.69, 9.17) is 0 Å². The summed E-state index contributed by atoms with van der Waals surface area (Å²) in [5, 5.41) is 0. The molecule has 0 radical (unpaired) electrons. The Morgan fingerprint density at radius 2 is 1.70 bits per heavy atom. The molecule has 0 N–H and O–H groups in total. The minimum absolute atomic E-state index is 0.0690. The van der Waals surface area contributed by atoms with Gasteiger partial charge < -0.3 is 4.90 Å². The fourth-order valence-electron chi connectivity index (χ4n) is 3.48. The van der Waals surface area contributed by atoms with Crippen LogP contribution in [0, 0.1) is 6.92 Å². The number of hydrogen-bond acceptors (Lipinski definition) is 5. The number of carbonyl (C=O) groups is 1. The maximum atomic E-state index is 13.1. The maximum absolute atomic E-state index is 13.1. The molecule has 0 unspecified atom stereocenters. The lowest BCUT2D eigenvalue weighted by Gasteiger charge is -2.34. The lowest BCUT2D eigenvalue weighted by molar-refractivity contribution is -0.129. The van der Waals surface area contributed by atoms with Crippen LogP contribution in [0.2, 0.25) is 0 Å². The van der Waals surface area contributed by atoms with Gasteiger partial charge in [-0.25, -0.2) is 16.8 Å². The van der Waals surface area contributed by atoms with E-state index in [0.717, 1.165) is 6.42 Å². The summed E-state index contributed by atoms with van der Waals surface area (Å²) in [6, 6.07) is 4.77. The number of aryl methyl sites for hydroxylation is 1. The van der Waals surface area contributed by atoms with Gasteiger partial charge in [0.05, 0.1) is 16.3 Å². The summed E-state index contributed by atoms with van der Waals surface area (Å²) in [5.74, 6) is 0.0104. The second-order valence-corrected chi connectivity index (χ2v) is 10.9. The molecular formula is C17H25N3O5S2. The van der Waals surface area contributed by atoms with Crippen LogP contribution in [-0.2, 0) is 24.8 Å². The summed E-state index contributed by atoms with van der Waals surface area (Å²) in [6.45, 7) is 4.70. The normalized spacial score (nSPS) is 21.3. The predicted octanol–water partition coefficient (Wildman–Crippen LogP) is 0.778. The quantitative estimate of drug-likeness (QED) is 0.727. The van der Waals surface area contributed by atoms with Gasteiger partial charge in [0.1, 0.15) is 0 Å². The third-order valence-corrected chi connectivity index (χ3v) is 9.02. The smallest absolute Gasteiger partial charge is 0.243 e. The SMILES string of the molecule is CC(=O)N1CCN(S(=O)(=O)c2cc(N3CCCCS3(=O)=O)ccc2C)CC1. The Labute approximate surface area is 160 Å². The van der Waals surface area contributed by atoms with Crippen LogP contribution in [0.5, 0.6) is 0 Å². The van der Waals surface area contributed by atoms with Gasteiger partial charge in [-0.1, -0.05) is 6.07 Å². The molecule has 2 fully saturated rings. The molecule has 2 aliphatic heterocycles. The third-order valence-electron chi connectivity index (χ3n) is 5.11. The summed E-state index contributed by atoms with van der Waals surface area (Å²) in [5.41, 5.74) is 0.961. The van der Waals surface area contributed by atoms with Crippen LogP contribution in [-0.4, -0.2) is 70.4 Å². The number of nitrogens with zero attached hydrogens (tertiary/aromatic N) is 3. The number of hydrogen-bond donors (Lipinski definition) is 0. The molecule has 2 saturated heterocycles. The average molecular weight is 416 g/mol. The van der Waals surface area contributed by atoms with E-state index >= 15 is 0 Å². The van der Waals surface area contributed by atoms with Gasteiger partial charge in [0.15, 0.2) is 0 Å². The summed E-state index contributed by atoms with van der Waals surface area (Å²) in [6.07, 6.45) is 1.37. The summed E-state index contributed by atoms with van der Waals surface area (Å²) < 4.78 is 53.7. The fourth-order valence-corrected chi connectivity index (χ4v) is 6.78. The van der Waals surface area contributed by atoms with Gasteiger partial charge in [-0.15, -0.1) is 0 Å². The number of sulfonamides is 2.